The van der Waals surface area contributed by atoms with Crippen LogP contribution in [0.1, 0.15) is 38.2 Å². The Morgan fingerprint density at radius 2 is 2.11 bits per heavy atom. The van der Waals surface area contributed by atoms with E-state index in [1.165, 1.54) is 12.8 Å². The molecule has 1 saturated carbocycles. The minimum Gasteiger partial charge on any atom is -0.382 e. The van der Waals surface area contributed by atoms with Crippen LogP contribution in [0.5, 0.6) is 0 Å². The normalized spacial score (nSPS) is 23.5. The molecule has 0 spiro atoms. The number of rotatable bonds is 4. The van der Waals surface area contributed by atoms with E-state index in [1.54, 1.807) is 19.1 Å². The molecule has 0 amide bonds. The van der Waals surface area contributed by atoms with E-state index in [9.17, 15) is 8.42 Å². The van der Waals surface area contributed by atoms with E-state index in [1.807, 2.05) is 6.07 Å². The largest absolute Gasteiger partial charge is 0.382 e. The molecular weight excluding hydrogens is 260 g/mol. The summed E-state index contributed by atoms with van der Waals surface area (Å²) in [7, 11) is -3.65. The SMILES string of the molecule is CCC1CCC(Nc2cccc(S(N)(=O)=O)c2C)C1. The lowest BCUT2D eigenvalue weighted by Gasteiger charge is -2.17. The van der Waals surface area contributed by atoms with Gasteiger partial charge in [-0.25, -0.2) is 13.6 Å². The standard InChI is InChI=1S/C14H22N2O2S/c1-3-11-7-8-12(9-11)16-13-5-4-6-14(10(13)2)19(15,17)18/h4-6,11-12,16H,3,7-9H2,1-2H3,(H2,15,17,18). The maximum atomic E-state index is 11.5. The van der Waals surface area contributed by atoms with Crippen molar-refractivity contribution in [1.29, 1.82) is 0 Å². The van der Waals surface area contributed by atoms with Gasteiger partial charge in [0.15, 0.2) is 0 Å². The number of anilines is 1. The molecule has 0 radical (unpaired) electrons. The molecule has 0 aromatic heterocycles. The van der Waals surface area contributed by atoms with Crippen molar-refractivity contribution in [3.63, 3.8) is 0 Å². The molecule has 2 rings (SSSR count). The molecule has 1 aliphatic rings. The summed E-state index contributed by atoms with van der Waals surface area (Å²) in [6.07, 6.45) is 4.78. The molecule has 1 fully saturated rings. The fourth-order valence-corrected chi connectivity index (χ4v) is 3.68. The van der Waals surface area contributed by atoms with E-state index < -0.39 is 10.0 Å². The molecule has 1 aliphatic carbocycles. The van der Waals surface area contributed by atoms with Crippen LogP contribution in [0.25, 0.3) is 0 Å². The highest BCUT2D eigenvalue weighted by Crippen LogP contribution is 2.31. The summed E-state index contributed by atoms with van der Waals surface area (Å²) >= 11 is 0. The fourth-order valence-electron chi connectivity index (χ4n) is 2.88. The zero-order valence-electron chi connectivity index (χ0n) is 11.5. The Morgan fingerprint density at radius 3 is 2.68 bits per heavy atom. The van der Waals surface area contributed by atoms with Crippen molar-refractivity contribution < 1.29 is 8.42 Å². The van der Waals surface area contributed by atoms with Crippen molar-refractivity contribution in [1.82, 2.24) is 0 Å². The van der Waals surface area contributed by atoms with Gasteiger partial charge in [0.05, 0.1) is 4.90 Å². The van der Waals surface area contributed by atoms with Crippen LogP contribution >= 0.6 is 0 Å². The second kappa shape index (κ2) is 5.51. The summed E-state index contributed by atoms with van der Waals surface area (Å²) in [6, 6.07) is 5.66. The number of nitrogens with two attached hydrogens (primary N) is 1. The summed E-state index contributed by atoms with van der Waals surface area (Å²) in [5.41, 5.74) is 1.60. The van der Waals surface area contributed by atoms with Gasteiger partial charge in [0.1, 0.15) is 0 Å². The second-order valence-electron chi connectivity index (χ2n) is 5.40. The Hall–Kier alpha value is -1.07. The molecule has 1 aromatic carbocycles. The molecule has 106 valence electrons. The lowest BCUT2D eigenvalue weighted by Crippen LogP contribution is -2.18. The van der Waals surface area contributed by atoms with Crippen molar-refractivity contribution in [3.8, 4) is 0 Å². The third-order valence-corrected chi connectivity index (χ3v) is 5.12. The van der Waals surface area contributed by atoms with Gasteiger partial charge in [-0.2, -0.15) is 0 Å². The number of primary sulfonamides is 1. The number of hydrogen-bond acceptors (Lipinski definition) is 3. The first-order valence-electron chi connectivity index (χ1n) is 6.80. The quantitative estimate of drug-likeness (QED) is 0.891. The number of benzene rings is 1. The highest BCUT2D eigenvalue weighted by Gasteiger charge is 2.24. The number of hydrogen-bond donors (Lipinski definition) is 2. The summed E-state index contributed by atoms with van der Waals surface area (Å²) in [6.45, 7) is 4.02. The minimum absolute atomic E-state index is 0.211. The van der Waals surface area contributed by atoms with Gasteiger partial charge in [-0.3, -0.25) is 0 Å². The highest BCUT2D eigenvalue weighted by atomic mass is 32.2. The van der Waals surface area contributed by atoms with Crippen LogP contribution in [0.4, 0.5) is 5.69 Å². The first kappa shape index (κ1) is 14.3. The topological polar surface area (TPSA) is 72.2 Å². The third-order valence-electron chi connectivity index (χ3n) is 4.07. The van der Waals surface area contributed by atoms with Crippen LogP contribution in [0.15, 0.2) is 23.1 Å². The van der Waals surface area contributed by atoms with E-state index in [0.29, 0.717) is 11.6 Å². The highest BCUT2D eigenvalue weighted by molar-refractivity contribution is 7.89. The Labute approximate surface area is 115 Å². The van der Waals surface area contributed by atoms with Gasteiger partial charge in [-0.1, -0.05) is 19.4 Å². The smallest absolute Gasteiger partial charge is 0.238 e. The minimum atomic E-state index is -3.65. The van der Waals surface area contributed by atoms with Gasteiger partial charge in [0, 0.05) is 11.7 Å². The molecule has 19 heavy (non-hydrogen) atoms. The lowest BCUT2D eigenvalue weighted by molar-refractivity contribution is 0.525. The van der Waals surface area contributed by atoms with Crippen molar-refractivity contribution in [2.75, 3.05) is 5.32 Å². The summed E-state index contributed by atoms with van der Waals surface area (Å²) in [5.74, 6) is 0.791. The summed E-state index contributed by atoms with van der Waals surface area (Å²) in [4.78, 5) is 0.211. The van der Waals surface area contributed by atoms with Gasteiger partial charge in [0.2, 0.25) is 10.0 Å². The predicted octanol–water partition coefficient (Wildman–Crippen LogP) is 2.63. The molecule has 0 saturated heterocycles. The summed E-state index contributed by atoms with van der Waals surface area (Å²) < 4.78 is 23.0. The van der Waals surface area contributed by atoms with Crippen LogP contribution < -0.4 is 10.5 Å². The first-order chi connectivity index (χ1) is 8.91. The van der Waals surface area contributed by atoms with Gasteiger partial charge in [-0.15, -0.1) is 0 Å². The zero-order valence-corrected chi connectivity index (χ0v) is 12.3. The molecule has 4 nitrogen and oxygen atoms in total. The van der Waals surface area contributed by atoms with Crippen LogP contribution in [-0.4, -0.2) is 14.5 Å². The second-order valence-corrected chi connectivity index (χ2v) is 6.93. The molecule has 0 aliphatic heterocycles. The van der Waals surface area contributed by atoms with Gasteiger partial charge >= 0.3 is 0 Å². The van der Waals surface area contributed by atoms with E-state index >= 15 is 0 Å². The monoisotopic (exact) mass is 282 g/mol. The van der Waals surface area contributed by atoms with Crippen molar-refractivity contribution in [3.05, 3.63) is 23.8 Å². The van der Waals surface area contributed by atoms with Crippen molar-refractivity contribution in [2.45, 2.75) is 50.5 Å². The lowest BCUT2D eigenvalue weighted by atomic mass is 10.1. The Balaban J connectivity index is 2.18. The van der Waals surface area contributed by atoms with E-state index in [-0.39, 0.29) is 4.90 Å². The maximum Gasteiger partial charge on any atom is 0.238 e. The molecular formula is C14H22N2O2S. The molecule has 1 aromatic rings. The summed E-state index contributed by atoms with van der Waals surface area (Å²) in [5, 5.41) is 8.69. The molecule has 3 N–H and O–H groups in total. The van der Waals surface area contributed by atoms with Crippen LogP contribution in [-0.2, 0) is 10.0 Å². The average molecular weight is 282 g/mol. The van der Waals surface area contributed by atoms with E-state index in [2.05, 4.69) is 12.2 Å². The third kappa shape index (κ3) is 3.28. The molecule has 2 atom stereocenters. The van der Waals surface area contributed by atoms with Gasteiger partial charge < -0.3 is 5.32 Å². The van der Waals surface area contributed by atoms with Crippen LogP contribution in [0, 0.1) is 12.8 Å². The average Bonchev–Trinajstić information content (AvgIpc) is 2.78. The Kier molecular flexibility index (Phi) is 4.16. The van der Waals surface area contributed by atoms with Crippen molar-refractivity contribution in [2.24, 2.45) is 11.1 Å². The maximum absolute atomic E-state index is 11.5. The van der Waals surface area contributed by atoms with Gasteiger partial charge in [0.25, 0.3) is 0 Å². The number of nitrogens with one attached hydrogen (secondary N) is 1. The molecule has 0 heterocycles. The first-order valence-corrected chi connectivity index (χ1v) is 8.35. The zero-order chi connectivity index (χ0) is 14.0. The number of sulfonamides is 1. The predicted molar refractivity (Wildman–Crippen MR) is 77.6 cm³/mol. The fraction of sp³-hybridized carbons (Fsp3) is 0.571. The molecule has 0 bridgehead atoms. The molecule has 5 heteroatoms. The van der Waals surface area contributed by atoms with Crippen LogP contribution in [0.2, 0.25) is 0 Å². The van der Waals surface area contributed by atoms with E-state index in [0.717, 1.165) is 24.4 Å². The van der Waals surface area contributed by atoms with Gasteiger partial charge in [-0.05, 0) is 49.8 Å². The van der Waals surface area contributed by atoms with E-state index in [4.69, 9.17) is 5.14 Å². The Morgan fingerprint density at radius 1 is 1.37 bits per heavy atom. The Bertz CT molecular complexity index is 555. The van der Waals surface area contributed by atoms with Crippen LogP contribution in [0.3, 0.4) is 0 Å². The molecule has 2 unspecified atom stereocenters. The van der Waals surface area contributed by atoms with Crippen molar-refractivity contribution >= 4 is 15.7 Å².